The van der Waals surface area contributed by atoms with E-state index >= 15 is 0 Å². The summed E-state index contributed by atoms with van der Waals surface area (Å²) in [6.45, 7) is 1.85. The van der Waals surface area contributed by atoms with Crippen LogP contribution >= 0.6 is 0 Å². The van der Waals surface area contributed by atoms with Gasteiger partial charge in [-0.05, 0) is 12.8 Å². The molecular formula is C11H15N3O2Rh2-2. The second-order valence-corrected chi connectivity index (χ2v) is 4.21. The SMILES string of the molecule is Cc1[c-]c(N[C@@H]2C[C@H](CO)[C@@H](O)C2)n[c-]n1.[Rh].[Rh]. The minimum Gasteiger partial charge on any atom is -0.550 e. The average molecular weight is 427 g/mol. The quantitative estimate of drug-likeness (QED) is 0.465. The van der Waals surface area contributed by atoms with E-state index in [-0.39, 0.29) is 57.5 Å². The van der Waals surface area contributed by atoms with E-state index in [0.717, 1.165) is 12.1 Å². The Hall–Kier alpha value is 0.0468. The van der Waals surface area contributed by atoms with Crippen molar-refractivity contribution in [2.45, 2.75) is 31.9 Å². The molecule has 1 aromatic rings. The largest absolute Gasteiger partial charge is 0.550 e. The molecule has 1 saturated carbocycles. The molecule has 106 valence electrons. The minimum atomic E-state index is -0.436. The summed E-state index contributed by atoms with van der Waals surface area (Å²) >= 11 is 0. The third-order valence-electron chi connectivity index (χ3n) is 2.91. The first-order chi connectivity index (χ1) is 7.69. The van der Waals surface area contributed by atoms with E-state index < -0.39 is 6.10 Å². The predicted octanol–water partition coefficient (Wildman–Crippen LogP) is -0.0759. The Morgan fingerprint density at radius 2 is 2.06 bits per heavy atom. The number of aryl methyl sites for hydroxylation is 1. The molecule has 5 nitrogen and oxygen atoms in total. The Morgan fingerprint density at radius 1 is 1.33 bits per heavy atom. The summed E-state index contributed by atoms with van der Waals surface area (Å²) in [5, 5.41) is 21.8. The van der Waals surface area contributed by atoms with E-state index in [1.165, 1.54) is 0 Å². The summed E-state index contributed by atoms with van der Waals surface area (Å²) in [5.41, 5.74) is 0.731. The van der Waals surface area contributed by atoms with Gasteiger partial charge >= 0.3 is 0 Å². The van der Waals surface area contributed by atoms with Crippen LogP contribution in [-0.2, 0) is 39.0 Å². The molecule has 2 rings (SSSR count). The van der Waals surface area contributed by atoms with Crippen LogP contribution in [0.4, 0.5) is 5.82 Å². The first-order valence-electron chi connectivity index (χ1n) is 5.38. The van der Waals surface area contributed by atoms with Crippen molar-refractivity contribution < 1.29 is 49.2 Å². The summed E-state index contributed by atoms with van der Waals surface area (Å²) in [6, 6.07) is 3.10. The Bertz CT molecular complexity index is 368. The average Bonchev–Trinajstić information content (AvgIpc) is 2.58. The number of hydrogen-bond acceptors (Lipinski definition) is 5. The number of anilines is 1. The zero-order valence-corrected chi connectivity index (χ0v) is 13.1. The van der Waals surface area contributed by atoms with E-state index in [9.17, 15) is 5.11 Å². The molecule has 0 spiro atoms. The predicted molar refractivity (Wildman–Crippen MR) is 57.7 cm³/mol. The van der Waals surface area contributed by atoms with E-state index in [2.05, 4.69) is 27.7 Å². The molecule has 1 fully saturated rings. The van der Waals surface area contributed by atoms with Crippen molar-refractivity contribution >= 4 is 5.82 Å². The molecule has 7 heteroatoms. The van der Waals surface area contributed by atoms with Gasteiger partial charge < -0.3 is 31.6 Å². The molecule has 0 saturated heterocycles. The maximum absolute atomic E-state index is 9.64. The van der Waals surface area contributed by atoms with Gasteiger partial charge in [0.15, 0.2) is 0 Å². The standard InChI is InChI=1S/C11H15N3O2.2Rh/c1-7-2-11(13-6-12-7)14-9-3-8(5-15)10(16)4-9;;/h8-10,15-16H,3-5H2,1H3,(H,12,13,14);;/q-2;;/t8-,9-,10+;;/m1../s1. The number of aliphatic hydroxyl groups is 2. The van der Waals surface area contributed by atoms with Gasteiger partial charge in [0.05, 0.1) is 6.10 Å². The second-order valence-electron chi connectivity index (χ2n) is 4.21. The fourth-order valence-corrected chi connectivity index (χ4v) is 2.06. The molecule has 1 aliphatic rings. The molecule has 1 aromatic heterocycles. The fourth-order valence-electron chi connectivity index (χ4n) is 2.06. The van der Waals surface area contributed by atoms with Gasteiger partial charge in [-0.25, -0.2) is 0 Å². The molecule has 0 bridgehead atoms. The first kappa shape index (κ1) is 18.0. The third-order valence-corrected chi connectivity index (χ3v) is 2.91. The van der Waals surface area contributed by atoms with Gasteiger partial charge in [0.2, 0.25) is 0 Å². The van der Waals surface area contributed by atoms with Crippen molar-refractivity contribution in [1.29, 1.82) is 0 Å². The molecule has 0 amide bonds. The summed E-state index contributed by atoms with van der Waals surface area (Å²) < 4.78 is 0. The molecule has 0 unspecified atom stereocenters. The molecule has 18 heavy (non-hydrogen) atoms. The van der Waals surface area contributed by atoms with Crippen LogP contribution in [0.25, 0.3) is 0 Å². The molecule has 0 aromatic carbocycles. The van der Waals surface area contributed by atoms with Crippen LogP contribution in [0.15, 0.2) is 0 Å². The van der Waals surface area contributed by atoms with E-state index in [4.69, 9.17) is 5.11 Å². The molecule has 0 aliphatic heterocycles. The number of nitrogens with one attached hydrogen (secondary N) is 1. The molecule has 3 atom stereocenters. The van der Waals surface area contributed by atoms with Crippen LogP contribution < -0.4 is 5.32 Å². The smallest absolute Gasteiger partial charge is 0.0610 e. The summed E-state index contributed by atoms with van der Waals surface area (Å²) in [6.07, 6.45) is 3.47. The summed E-state index contributed by atoms with van der Waals surface area (Å²) in [5.74, 6) is 0.563. The van der Waals surface area contributed by atoms with Gasteiger partial charge in [0.25, 0.3) is 0 Å². The Kier molecular flexibility index (Phi) is 8.29. The van der Waals surface area contributed by atoms with Crippen molar-refractivity contribution in [3.05, 3.63) is 18.1 Å². The molecule has 1 aliphatic carbocycles. The Labute approximate surface area is 132 Å². The number of aliphatic hydroxyl groups excluding tert-OH is 2. The van der Waals surface area contributed by atoms with Crippen molar-refractivity contribution in [1.82, 2.24) is 9.97 Å². The van der Waals surface area contributed by atoms with Crippen LogP contribution in [0.3, 0.4) is 0 Å². The number of aromatic nitrogens is 2. The van der Waals surface area contributed by atoms with E-state index in [1.807, 2.05) is 6.92 Å². The molecular weight excluding hydrogens is 412 g/mol. The zero-order valence-electron chi connectivity index (χ0n) is 9.81. The summed E-state index contributed by atoms with van der Waals surface area (Å²) in [4.78, 5) is 7.77. The minimum absolute atomic E-state index is 0. The molecule has 2 radical (unpaired) electrons. The normalized spacial score (nSPS) is 26.1. The van der Waals surface area contributed by atoms with Crippen LogP contribution in [0, 0.1) is 25.2 Å². The maximum atomic E-state index is 9.64. The first-order valence-corrected chi connectivity index (χ1v) is 5.38. The van der Waals surface area contributed by atoms with Gasteiger partial charge in [-0.3, -0.25) is 5.69 Å². The molecule has 1 heterocycles. The van der Waals surface area contributed by atoms with Crippen molar-refractivity contribution in [2.24, 2.45) is 5.92 Å². The van der Waals surface area contributed by atoms with Crippen molar-refractivity contribution in [3.8, 4) is 0 Å². The van der Waals surface area contributed by atoms with Gasteiger partial charge in [0, 0.05) is 63.8 Å². The maximum Gasteiger partial charge on any atom is 0.0610 e. The molecule has 3 N–H and O–H groups in total. The van der Waals surface area contributed by atoms with Crippen molar-refractivity contribution in [2.75, 3.05) is 11.9 Å². The van der Waals surface area contributed by atoms with Crippen LogP contribution in [0.5, 0.6) is 0 Å². The van der Waals surface area contributed by atoms with Gasteiger partial charge in [-0.1, -0.05) is 0 Å². The monoisotopic (exact) mass is 427 g/mol. The van der Waals surface area contributed by atoms with E-state index in [1.54, 1.807) is 0 Å². The van der Waals surface area contributed by atoms with Gasteiger partial charge in [0.1, 0.15) is 0 Å². The zero-order chi connectivity index (χ0) is 11.5. The Morgan fingerprint density at radius 3 is 2.61 bits per heavy atom. The van der Waals surface area contributed by atoms with Gasteiger partial charge in [-0.2, -0.15) is 5.82 Å². The fraction of sp³-hybridized carbons (Fsp3) is 0.636. The van der Waals surface area contributed by atoms with E-state index in [0.29, 0.717) is 12.2 Å². The van der Waals surface area contributed by atoms with Crippen molar-refractivity contribution in [3.63, 3.8) is 0 Å². The van der Waals surface area contributed by atoms with Crippen LogP contribution in [0.2, 0.25) is 0 Å². The second kappa shape index (κ2) is 8.26. The number of nitrogens with zero attached hydrogens (tertiary/aromatic N) is 2. The number of hydrogen-bond donors (Lipinski definition) is 3. The summed E-state index contributed by atoms with van der Waals surface area (Å²) in [7, 11) is 0. The van der Waals surface area contributed by atoms with Crippen LogP contribution in [0.1, 0.15) is 18.5 Å². The topological polar surface area (TPSA) is 78.3 Å². The Balaban J connectivity index is 0.00000144. The van der Waals surface area contributed by atoms with Gasteiger partial charge in [-0.15, -0.1) is 6.92 Å². The number of rotatable bonds is 3. The van der Waals surface area contributed by atoms with Crippen LogP contribution in [-0.4, -0.2) is 38.9 Å². The third kappa shape index (κ3) is 4.62.